The Labute approximate surface area is 134 Å². The van der Waals surface area contributed by atoms with Crippen LogP contribution in [0.2, 0.25) is 0 Å². The van der Waals surface area contributed by atoms with E-state index in [-0.39, 0.29) is 0 Å². The molecule has 2 aromatic rings. The number of aliphatic imine (C=N–C) groups is 1. The van der Waals surface area contributed by atoms with Gasteiger partial charge >= 0.3 is 0 Å². The van der Waals surface area contributed by atoms with Gasteiger partial charge in [-0.05, 0) is 36.1 Å². The predicted octanol–water partition coefficient (Wildman–Crippen LogP) is 4.54. The van der Waals surface area contributed by atoms with Crippen LogP contribution < -0.4 is 0 Å². The number of benzene rings is 1. The van der Waals surface area contributed by atoms with Crippen molar-refractivity contribution >= 4 is 35.0 Å². The molecule has 0 radical (unpaired) electrons. The van der Waals surface area contributed by atoms with Gasteiger partial charge in [-0.1, -0.05) is 30.3 Å². The molecule has 2 nitrogen and oxygen atoms in total. The molecule has 0 saturated heterocycles. The van der Waals surface area contributed by atoms with Crippen LogP contribution in [-0.2, 0) is 5.75 Å². The highest BCUT2D eigenvalue weighted by molar-refractivity contribution is 8.13. The van der Waals surface area contributed by atoms with E-state index in [2.05, 4.69) is 66.2 Å². The van der Waals surface area contributed by atoms with Crippen molar-refractivity contribution in [3.63, 3.8) is 0 Å². The van der Waals surface area contributed by atoms with E-state index in [1.807, 2.05) is 12.3 Å². The smallest absolute Gasteiger partial charge is 0.0965 e. The quantitative estimate of drug-likeness (QED) is 0.801. The van der Waals surface area contributed by atoms with Crippen molar-refractivity contribution in [2.75, 3.05) is 6.26 Å². The number of nitrogens with zero attached hydrogens (tertiary/aromatic N) is 1. The topological polar surface area (TPSA) is 28.1 Å². The van der Waals surface area contributed by atoms with Gasteiger partial charge < -0.3 is 4.98 Å². The van der Waals surface area contributed by atoms with E-state index in [0.29, 0.717) is 5.75 Å². The number of H-pyrrole nitrogens is 1. The fourth-order valence-electron chi connectivity index (χ4n) is 2.32. The molecule has 21 heavy (non-hydrogen) atoms. The Hall–Kier alpha value is -1.65. The summed E-state index contributed by atoms with van der Waals surface area (Å²) in [7, 11) is 0. The van der Waals surface area contributed by atoms with E-state index in [1.165, 1.54) is 0 Å². The van der Waals surface area contributed by atoms with E-state index in [9.17, 15) is 0 Å². The van der Waals surface area contributed by atoms with Gasteiger partial charge in [0.15, 0.2) is 0 Å². The molecule has 0 unspecified atom stereocenters. The van der Waals surface area contributed by atoms with Crippen LogP contribution in [0.4, 0.5) is 0 Å². The molecule has 1 aliphatic rings. The summed E-state index contributed by atoms with van der Waals surface area (Å²) in [5.74, 6) is 0.701. The molecule has 3 rings (SSSR count). The van der Waals surface area contributed by atoms with E-state index in [0.717, 1.165) is 33.3 Å². The fraction of sp³-hybridized carbons (Fsp3) is 0.118. The third-order valence-electron chi connectivity index (χ3n) is 3.33. The molecular weight excluding hydrogens is 296 g/mol. The molecule has 1 aliphatic heterocycles. The number of rotatable bonds is 3. The number of aromatic nitrogens is 1. The van der Waals surface area contributed by atoms with Crippen LogP contribution in [0.5, 0.6) is 0 Å². The third kappa shape index (κ3) is 3.01. The summed E-state index contributed by atoms with van der Waals surface area (Å²) >= 11 is 5.99. The average Bonchev–Trinajstić information content (AvgIpc) is 3.18. The zero-order valence-electron chi connectivity index (χ0n) is 11.7. The normalized spacial score (nSPS) is 16.2. The van der Waals surface area contributed by atoms with Gasteiger partial charge in [0.25, 0.3) is 0 Å². The summed E-state index contributed by atoms with van der Waals surface area (Å²) in [6.07, 6.45) is 6.18. The van der Waals surface area contributed by atoms with Crippen LogP contribution in [0.1, 0.15) is 17.0 Å². The number of hydrogen-bond donors (Lipinski definition) is 2. The van der Waals surface area contributed by atoms with Gasteiger partial charge in [0.05, 0.1) is 10.7 Å². The number of thioether (sulfide) groups is 1. The van der Waals surface area contributed by atoms with Crippen molar-refractivity contribution < 1.29 is 0 Å². The van der Waals surface area contributed by atoms with Crippen LogP contribution in [0.3, 0.4) is 0 Å². The largest absolute Gasteiger partial charge is 0.358 e. The standard InChI is InChI=1S/C17H16N2S2/c1-21-16-10-9-15(19-16)17(12-5-3-2-4-6-12)14-8-7-13(11-20)18-14/h2-10,18,20H,11H2,1H3. The predicted molar refractivity (Wildman–Crippen MR) is 96.0 cm³/mol. The monoisotopic (exact) mass is 312 g/mol. The van der Waals surface area contributed by atoms with E-state index >= 15 is 0 Å². The number of thiol groups is 1. The summed E-state index contributed by atoms with van der Waals surface area (Å²) in [5.41, 5.74) is 5.48. The molecule has 1 aromatic heterocycles. The second kappa shape index (κ2) is 6.41. The highest BCUT2D eigenvalue weighted by Gasteiger charge is 2.15. The Bertz CT molecular complexity index is 724. The highest BCUT2D eigenvalue weighted by atomic mass is 32.2. The molecule has 0 fully saturated rings. The van der Waals surface area contributed by atoms with Gasteiger partial charge in [-0.25, -0.2) is 4.99 Å². The number of allylic oxidation sites excluding steroid dienone is 1. The van der Waals surface area contributed by atoms with Gasteiger partial charge in [-0.3, -0.25) is 0 Å². The van der Waals surface area contributed by atoms with Crippen molar-refractivity contribution in [2.24, 2.45) is 4.99 Å². The Morgan fingerprint density at radius 3 is 2.57 bits per heavy atom. The summed E-state index contributed by atoms with van der Waals surface area (Å²) in [4.78, 5) is 8.13. The lowest BCUT2D eigenvalue weighted by Gasteiger charge is -2.08. The summed E-state index contributed by atoms with van der Waals surface area (Å²) in [6, 6.07) is 14.5. The minimum absolute atomic E-state index is 0.701. The van der Waals surface area contributed by atoms with Crippen molar-refractivity contribution in [3.05, 3.63) is 77.3 Å². The average molecular weight is 312 g/mol. The van der Waals surface area contributed by atoms with Crippen LogP contribution in [-0.4, -0.2) is 16.3 Å². The molecule has 1 aromatic carbocycles. The van der Waals surface area contributed by atoms with Gasteiger partial charge in [0.2, 0.25) is 0 Å². The SMILES string of the molecule is CSC1=NC(=C(c2ccccc2)c2ccc(CS)[nH]2)C=C1. The maximum absolute atomic E-state index is 4.70. The summed E-state index contributed by atoms with van der Waals surface area (Å²) in [5, 5.41) is 1.04. The second-order valence-corrected chi connectivity index (χ2v) is 5.81. The van der Waals surface area contributed by atoms with E-state index < -0.39 is 0 Å². The first-order valence-electron chi connectivity index (χ1n) is 6.71. The van der Waals surface area contributed by atoms with Crippen LogP contribution in [0.25, 0.3) is 5.57 Å². The van der Waals surface area contributed by atoms with Crippen LogP contribution in [0.15, 0.2) is 65.3 Å². The minimum Gasteiger partial charge on any atom is -0.358 e. The number of nitrogens with one attached hydrogen (secondary N) is 1. The molecule has 106 valence electrons. The molecule has 1 N–H and O–H groups in total. The van der Waals surface area contributed by atoms with Gasteiger partial charge in [-0.15, -0.1) is 11.8 Å². The van der Waals surface area contributed by atoms with E-state index in [1.54, 1.807) is 11.8 Å². The summed E-state index contributed by atoms with van der Waals surface area (Å²) in [6.45, 7) is 0. The zero-order chi connectivity index (χ0) is 14.7. The molecule has 4 heteroatoms. The van der Waals surface area contributed by atoms with Crippen molar-refractivity contribution in [2.45, 2.75) is 5.75 Å². The summed E-state index contributed by atoms with van der Waals surface area (Å²) < 4.78 is 0. The Kier molecular flexibility index (Phi) is 4.36. The second-order valence-electron chi connectivity index (χ2n) is 4.67. The Morgan fingerprint density at radius 2 is 1.95 bits per heavy atom. The van der Waals surface area contributed by atoms with Crippen molar-refractivity contribution in [3.8, 4) is 0 Å². The third-order valence-corrected chi connectivity index (χ3v) is 4.31. The lowest BCUT2D eigenvalue weighted by Crippen LogP contribution is -1.92. The van der Waals surface area contributed by atoms with Crippen molar-refractivity contribution in [1.82, 2.24) is 4.98 Å². The molecule has 0 amide bonds. The zero-order valence-corrected chi connectivity index (χ0v) is 13.4. The molecule has 0 atom stereocenters. The van der Waals surface area contributed by atoms with Crippen molar-refractivity contribution in [1.29, 1.82) is 0 Å². The first-order valence-corrected chi connectivity index (χ1v) is 8.57. The molecule has 2 heterocycles. The maximum atomic E-state index is 4.70. The number of hydrogen-bond acceptors (Lipinski definition) is 3. The van der Waals surface area contributed by atoms with Crippen LogP contribution in [0, 0.1) is 0 Å². The molecule has 0 bridgehead atoms. The first-order chi connectivity index (χ1) is 10.3. The van der Waals surface area contributed by atoms with Crippen LogP contribution >= 0.6 is 24.4 Å². The fourth-order valence-corrected chi connectivity index (χ4v) is 2.90. The lowest BCUT2D eigenvalue weighted by molar-refractivity contribution is 1.21. The first kappa shape index (κ1) is 14.3. The Balaban J connectivity index is 2.15. The minimum atomic E-state index is 0.701. The van der Waals surface area contributed by atoms with Gasteiger partial charge in [-0.2, -0.15) is 12.6 Å². The van der Waals surface area contributed by atoms with Gasteiger partial charge in [0.1, 0.15) is 0 Å². The lowest BCUT2D eigenvalue weighted by atomic mass is 10.0. The molecule has 0 spiro atoms. The molecule has 0 saturated carbocycles. The van der Waals surface area contributed by atoms with Gasteiger partial charge in [0, 0.05) is 22.7 Å². The molecule has 0 aliphatic carbocycles. The molecular formula is C17H16N2S2. The highest BCUT2D eigenvalue weighted by Crippen LogP contribution is 2.30. The maximum Gasteiger partial charge on any atom is 0.0965 e. The Morgan fingerprint density at radius 1 is 1.14 bits per heavy atom. The van der Waals surface area contributed by atoms with E-state index in [4.69, 9.17) is 4.99 Å². The number of aromatic amines is 1.